The molecule has 2 rings (SSSR count). The Labute approximate surface area is 152 Å². The summed E-state index contributed by atoms with van der Waals surface area (Å²) in [6.45, 7) is -0.502. The fourth-order valence-corrected chi connectivity index (χ4v) is 2.46. The second-order valence-corrected chi connectivity index (χ2v) is 5.67. The molecule has 0 aliphatic heterocycles. The molecule has 0 spiro atoms. The van der Waals surface area contributed by atoms with Crippen LogP contribution in [0.3, 0.4) is 0 Å². The van der Waals surface area contributed by atoms with Crippen molar-refractivity contribution >= 4 is 33.5 Å². The van der Waals surface area contributed by atoms with Crippen molar-refractivity contribution in [3.63, 3.8) is 0 Å². The molecule has 2 aromatic carbocycles. The van der Waals surface area contributed by atoms with E-state index >= 15 is 0 Å². The normalized spacial score (nSPS) is 10.1. The van der Waals surface area contributed by atoms with Gasteiger partial charge in [0.1, 0.15) is 17.3 Å². The fourth-order valence-electron chi connectivity index (χ4n) is 1.95. The van der Waals surface area contributed by atoms with Gasteiger partial charge in [0, 0.05) is 10.5 Å². The molecule has 25 heavy (non-hydrogen) atoms. The van der Waals surface area contributed by atoms with E-state index in [1.807, 2.05) is 0 Å². The van der Waals surface area contributed by atoms with Crippen molar-refractivity contribution in [2.45, 2.75) is 0 Å². The average molecular weight is 412 g/mol. The van der Waals surface area contributed by atoms with E-state index in [1.165, 1.54) is 20.3 Å². The monoisotopic (exact) mass is 411 g/mol. The smallest absolute Gasteiger partial charge is 0.339 e. The predicted octanol–water partition coefficient (Wildman–Crippen LogP) is 3.40. The Morgan fingerprint density at radius 2 is 1.88 bits per heavy atom. The Morgan fingerprint density at radius 1 is 1.12 bits per heavy atom. The van der Waals surface area contributed by atoms with Gasteiger partial charge < -0.3 is 19.5 Å². The number of nitrogens with one attached hydrogen (secondary N) is 1. The molecular weight excluding hydrogens is 397 g/mol. The zero-order valence-corrected chi connectivity index (χ0v) is 15.1. The minimum absolute atomic E-state index is 0.122. The highest BCUT2D eigenvalue weighted by molar-refractivity contribution is 9.10. The van der Waals surface area contributed by atoms with Crippen molar-refractivity contribution in [1.82, 2.24) is 0 Å². The number of anilines is 1. The third-order valence-corrected chi connectivity index (χ3v) is 3.82. The number of ether oxygens (including phenoxy) is 3. The SMILES string of the molecule is COc1ccc(NC(=O)COC(=O)c2ccc(F)cc2Br)c(OC)c1. The van der Waals surface area contributed by atoms with E-state index in [0.717, 1.165) is 12.1 Å². The van der Waals surface area contributed by atoms with Gasteiger partial charge in [-0.05, 0) is 46.3 Å². The maximum absolute atomic E-state index is 13.0. The second kappa shape index (κ2) is 8.48. The Bertz CT molecular complexity index is 797. The summed E-state index contributed by atoms with van der Waals surface area (Å²) in [7, 11) is 2.97. The summed E-state index contributed by atoms with van der Waals surface area (Å²) >= 11 is 3.07. The number of carbonyl (C=O) groups is 2. The predicted molar refractivity (Wildman–Crippen MR) is 92.6 cm³/mol. The quantitative estimate of drug-likeness (QED) is 0.737. The molecule has 0 heterocycles. The van der Waals surface area contributed by atoms with Crippen molar-refractivity contribution in [1.29, 1.82) is 0 Å². The van der Waals surface area contributed by atoms with Crippen LogP contribution in [0.15, 0.2) is 40.9 Å². The van der Waals surface area contributed by atoms with Crippen LogP contribution in [0.4, 0.5) is 10.1 Å². The Kier molecular flexibility index (Phi) is 6.35. The molecule has 6 nitrogen and oxygen atoms in total. The lowest BCUT2D eigenvalue weighted by Gasteiger charge is -2.12. The molecule has 0 fully saturated rings. The zero-order valence-electron chi connectivity index (χ0n) is 13.5. The largest absolute Gasteiger partial charge is 0.497 e. The molecule has 0 aliphatic carbocycles. The van der Waals surface area contributed by atoms with Crippen LogP contribution in [-0.4, -0.2) is 32.7 Å². The van der Waals surface area contributed by atoms with Crippen molar-refractivity contribution in [3.8, 4) is 11.5 Å². The summed E-state index contributed by atoms with van der Waals surface area (Å²) in [5.74, 6) is -0.811. The molecule has 0 aromatic heterocycles. The molecule has 1 N–H and O–H groups in total. The van der Waals surface area contributed by atoms with Gasteiger partial charge in [0.05, 0.1) is 25.5 Å². The van der Waals surface area contributed by atoms with Gasteiger partial charge in [-0.3, -0.25) is 4.79 Å². The molecular formula is C17H15BrFNO5. The van der Waals surface area contributed by atoms with Crippen LogP contribution in [0.1, 0.15) is 10.4 Å². The molecule has 2 aromatic rings. The van der Waals surface area contributed by atoms with Gasteiger partial charge in [0.2, 0.25) is 0 Å². The van der Waals surface area contributed by atoms with E-state index in [9.17, 15) is 14.0 Å². The van der Waals surface area contributed by atoms with Gasteiger partial charge in [0.25, 0.3) is 5.91 Å². The fraction of sp³-hybridized carbons (Fsp3) is 0.176. The van der Waals surface area contributed by atoms with Crippen LogP contribution >= 0.6 is 15.9 Å². The minimum Gasteiger partial charge on any atom is -0.497 e. The van der Waals surface area contributed by atoms with E-state index < -0.39 is 24.3 Å². The van der Waals surface area contributed by atoms with Crippen LogP contribution in [0.25, 0.3) is 0 Å². The number of benzene rings is 2. The van der Waals surface area contributed by atoms with Crippen LogP contribution in [0.2, 0.25) is 0 Å². The molecule has 132 valence electrons. The molecule has 0 saturated carbocycles. The summed E-state index contributed by atoms with van der Waals surface area (Å²) in [5.41, 5.74) is 0.531. The highest BCUT2D eigenvalue weighted by atomic mass is 79.9. The molecule has 8 heteroatoms. The minimum atomic E-state index is -0.747. The van der Waals surface area contributed by atoms with E-state index in [2.05, 4.69) is 21.2 Å². The van der Waals surface area contributed by atoms with Gasteiger partial charge in [-0.1, -0.05) is 0 Å². The molecule has 0 unspecified atom stereocenters. The number of carbonyl (C=O) groups excluding carboxylic acids is 2. The lowest BCUT2D eigenvalue weighted by molar-refractivity contribution is -0.119. The first-order valence-corrected chi connectivity index (χ1v) is 7.88. The third-order valence-electron chi connectivity index (χ3n) is 3.17. The van der Waals surface area contributed by atoms with Gasteiger partial charge in [-0.15, -0.1) is 0 Å². The standard InChI is InChI=1S/C17H15BrFNO5/c1-23-11-4-6-14(15(8-11)24-2)20-16(21)9-25-17(22)12-5-3-10(19)7-13(12)18/h3-8H,9H2,1-2H3,(H,20,21). The van der Waals surface area contributed by atoms with Crippen molar-refractivity contribution in [2.24, 2.45) is 0 Å². The van der Waals surface area contributed by atoms with Gasteiger partial charge >= 0.3 is 5.97 Å². The number of esters is 1. The van der Waals surface area contributed by atoms with Crippen molar-refractivity contribution in [3.05, 3.63) is 52.3 Å². The van der Waals surface area contributed by atoms with Crippen LogP contribution in [-0.2, 0) is 9.53 Å². The Morgan fingerprint density at radius 3 is 2.52 bits per heavy atom. The van der Waals surface area contributed by atoms with Gasteiger partial charge in [-0.2, -0.15) is 0 Å². The van der Waals surface area contributed by atoms with Crippen LogP contribution in [0, 0.1) is 5.82 Å². The first kappa shape index (κ1) is 18.7. The average Bonchev–Trinajstić information content (AvgIpc) is 2.60. The van der Waals surface area contributed by atoms with Gasteiger partial charge in [0.15, 0.2) is 6.61 Å². The lowest BCUT2D eigenvalue weighted by atomic mass is 10.2. The molecule has 0 saturated heterocycles. The van der Waals surface area contributed by atoms with E-state index in [-0.39, 0.29) is 10.0 Å². The maximum atomic E-state index is 13.0. The van der Waals surface area contributed by atoms with Gasteiger partial charge in [-0.25, -0.2) is 9.18 Å². The molecule has 0 aliphatic rings. The summed E-state index contributed by atoms with van der Waals surface area (Å²) < 4.78 is 28.4. The maximum Gasteiger partial charge on any atom is 0.339 e. The number of amides is 1. The number of rotatable bonds is 6. The first-order chi connectivity index (χ1) is 11.9. The topological polar surface area (TPSA) is 73.9 Å². The lowest BCUT2D eigenvalue weighted by Crippen LogP contribution is -2.21. The summed E-state index contributed by atoms with van der Waals surface area (Å²) in [4.78, 5) is 23.9. The highest BCUT2D eigenvalue weighted by Gasteiger charge is 2.15. The van der Waals surface area contributed by atoms with E-state index in [0.29, 0.717) is 17.2 Å². The molecule has 1 amide bonds. The molecule has 0 bridgehead atoms. The van der Waals surface area contributed by atoms with E-state index in [1.54, 1.807) is 18.2 Å². The second-order valence-electron chi connectivity index (χ2n) is 4.81. The Balaban J connectivity index is 1.98. The van der Waals surface area contributed by atoms with Crippen molar-refractivity contribution < 1.29 is 28.2 Å². The van der Waals surface area contributed by atoms with E-state index in [4.69, 9.17) is 14.2 Å². The summed E-state index contributed by atoms with van der Waals surface area (Å²) in [6.07, 6.45) is 0. The van der Waals surface area contributed by atoms with Crippen molar-refractivity contribution in [2.75, 3.05) is 26.1 Å². The first-order valence-electron chi connectivity index (χ1n) is 7.08. The summed E-state index contributed by atoms with van der Waals surface area (Å²) in [6, 6.07) is 8.40. The Hall–Kier alpha value is -2.61. The number of hydrogen-bond acceptors (Lipinski definition) is 5. The van der Waals surface area contributed by atoms with Crippen LogP contribution in [0.5, 0.6) is 11.5 Å². The zero-order chi connectivity index (χ0) is 18.4. The third kappa shape index (κ3) is 4.93. The number of hydrogen-bond donors (Lipinski definition) is 1. The van der Waals surface area contributed by atoms with Crippen LogP contribution < -0.4 is 14.8 Å². The number of halogens is 2. The highest BCUT2D eigenvalue weighted by Crippen LogP contribution is 2.29. The molecule has 0 atom stereocenters. The molecule has 0 radical (unpaired) electrons. The number of methoxy groups -OCH3 is 2. The summed E-state index contributed by atoms with van der Waals surface area (Å²) in [5, 5.41) is 2.57.